The maximum atomic E-state index is 12.6. The molecule has 0 radical (unpaired) electrons. The number of carbonyl (C=O) groups is 1. The minimum atomic E-state index is -0.407. The summed E-state index contributed by atoms with van der Waals surface area (Å²) in [6.45, 7) is 6.35. The zero-order valence-corrected chi connectivity index (χ0v) is 13.7. The quantitative estimate of drug-likeness (QED) is 0.796. The monoisotopic (exact) mass is 291 g/mol. The molecule has 0 aliphatic rings. The molecule has 0 saturated heterocycles. The van der Waals surface area contributed by atoms with Crippen molar-refractivity contribution in [1.29, 1.82) is 0 Å². The number of hydrogen-bond acceptors (Lipinski definition) is 3. The number of likely N-dealkylation sites (N-methyl/N-ethyl adjacent to an activating group) is 1. The van der Waals surface area contributed by atoms with Gasteiger partial charge >= 0.3 is 0 Å². The number of hydrogen-bond donors (Lipinski definition) is 1. The van der Waals surface area contributed by atoms with Crippen molar-refractivity contribution in [2.24, 2.45) is 11.7 Å². The van der Waals surface area contributed by atoms with Crippen molar-refractivity contribution in [2.75, 3.05) is 27.2 Å². The van der Waals surface area contributed by atoms with Crippen LogP contribution in [0.2, 0.25) is 0 Å². The van der Waals surface area contributed by atoms with Crippen molar-refractivity contribution < 1.29 is 4.79 Å². The van der Waals surface area contributed by atoms with E-state index in [2.05, 4.69) is 18.7 Å². The molecule has 0 aliphatic carbocycles. The van der Waals surface area contributed by atoms with E-state index in [1.807, 2.05) is 49.3 Å². The van der Waals surface area contributed by atoms with E-state index in [1.165, 1.54) is 0 Å². The molecule has 0 aliphatic heterocycles. The fourth-order valence-corrected chi connectivity index (χ4v) is 2.23. The van der Waals surface area contributed by atoms with Crippen molar-refractivity contribution in [2.45, 2.75) is 32.9 Å². The van der Waals surface area contributed by atoms with E-state index in [1.54, 1.807) is 0 Å². The summed E-state index contributed by atoms with van der Waals surface area (Å²) in [7, 11) is 4.03. The van der Waals surface area contributed by atoms with Gasteiger partial charge in [0.25, 0.3) is 0 Å². The third-order valence-electron chi connectivity index (χ3n) is 3.39. The predicted octanol–water partition coefficient (Wildman–Crippen LogP) is 1.95. The second-order valence-electron chi connectivity index (χ2n) is 6.28. The van der Waals surface area contributed by atoms with E-state index in [0.29, 0.717) is 19.0 Å². The molecule has 1 amide bonds. The Morgan fingerprint density at radius 1 is 1.14 bits per heavy atom. The van der Waals surface area contributed by atoms with Gasteiger partial charge in [-0.3, -0.25) is 4.79 Å². The molecule has 0 unspecified atom stereocenters. The first-order valence-corrected chi connectivity index (χ1v) is 7.63. The van der Waals surface area contributed by atoms with E-state index in [4.69, 9.17) is 5.73 Å². The van der Waals surface area contributed by atoms with Gasteiger partial charge in [-0.25, -0.2) is 0 Å². The topological polar surface area (TPSA) is 49.6 Å². The summed E-state index contributed by atoms with van der Waals surface area (Å²) >= 11 is 0. The number of carbonyl (C=O) groups excluding carboxylic acids is 1. The summed E-state index contributed by atoms with van der Waals surface area (Å²) in [6.07, 6.45) is 0.728. The van der Waals surface area contributed by atoms with Gasteiger partial charge < -0.3 is 15.5 Å². The fraction of sp³-hybridized carbons (Fsp3) is 0.588. The maximum Gasteiger partial charge on any atom is 0.239 e. The van der Waals surface area contributed by atoms with Gasteiger partial charge in [-0.2, -0.15) is 0 Å². The van der Waals surface area contributed by atoms with Crippen molar-refractivity contribution in [3.63, 3.8) is 0 Å². The Morgan fingerprint density at radius 2 is 1.76 bits per heavy atom. The fourth-order valence-electron chi connectivity index (χ4n) is 2.23. The van der Waals surface area contributed by atoms with Crippen LogP contribution in [0.15, 0.2) is 30.3 Å². The van der Waals surface area contributed by atoms with Crippen LogP contribution in [0.3, 0.4) is 0 Å². The Bertz CT molecular complexity index is 417. The molecule has 0 spiro atoms. The zero-order valence-electron chi connectivity index (χ0n) is 13.7. The van der Waals surface area contributed by atoms with Crippen LogP contribution in [0.4, 0.5) is 0 Å². The molecule has 1 aromatic rings. The summed E-state index contributed by atoms with van der Waals surface area (Å²) in [5.74, 6) is 0.478. The minimum absolute atomic E-state index is 0.0504. The van der Waals surface area contributed by atoms with Crippen LogP contribution in [0.25, 0.3) is 0 Å². The van der Waals surface area contributed by atoms with Gasteiger partial charge in [-0.15, -0.1) is 0 Å². The molecular weight excluding hydrogens is 262 g/mol. The van der Waals surface area contributed by atoms with Gasteiger partial charge in [-0.05, 0) is 32.0 Å². The summed E-state index contributed by atoms with van der Waals surface area (Å²) in [5.41, 5.74) is 7.21. The molecule has 0 heterocycles. The molecule has 21 heavy (non-hydrogen) atoms. The third kappa shape index (κ3) is 6.74. The number of nitrogens with two attached hydrogens (primary N) is 1. The van der Waals surface area contributed by atoms with Crippen LogP contribution in [-0.2, 0) is 11.3 Å². The van der Waals surface area contributed by atoms with E-state index >= 15 is 0 Å². The summed E-state index contributed by atoms with van der Waals surface area (Å²) < 4.78 is 0. The molecule has 118 valence electrons. The normalized spacial score (nSPS) is 12.7. The third-order valence-corrected chi connectivity index (χ3v) is 3.39. The molecule has 0 aromatic heterocycles. The SMILES string of the molecule is CC(C)C[C@H](N)C(=O)N(CCN(C)C)Cc1ccccc1. The van der Waals surface area contributed by atoms with Crippen LogP contribution in [0.5, 0.6) is 0 Å². The average Bonchev–Trinajstić information content (AvgIpc) is 2.42. The lowest BCUT2D eigenvalue weighted by molar-refractivity contribution is -0.133. The Hall–Kier alpha value is -1.39. The summed E-state index contributed by atoms with van der Waals surface area (Å²) in [5, 5.41) is 0. The lowest BCUT2D eigenvalue weighted by atomic mass is 10.0. The van der Waals surface area contributed by atoms with E-state index in [0.717, 1.165) is 18.5 Å². The predicted molar refractivity (Wildman–Crippen MR) is 87.8 cm³/mol. The highest BCUT2D eigenvalue weighted by atomic mass is 16.2. The van der Waals surface area contributed by atoms with Crippen LogP contribution >= 0.6 is 0 Å². The first-order valence-electron chi connectivity index (χ1n) is 7.63. The van der Waals surface area contributed by atoms with E-state index < -0.39 is 6.04 Å². The Morgan fingerprint density at radius 3 is 2.29 bits per heavy atom. The summed E-state index contributed by atoms with van der Waals surface area (Å²) in [4.78, 5) is 16.5. The lowest BCUT2D eigenvalue weighted by Gasteiger charge is -2.27. The highest BCUT2D eigenvalue weighted by Crippen LogP contribution is 2.10. The minimum Gasteiger partial charge on any atom is -0.336 e. The molecule has 0 bridgehead atoms. The summed E-state index contributed by atoms with van der Waals surface area (Å²) in [6, 6.07) is 9.67. The molecule has 1 atom stereocenters. The standard InChI is InChI=1S/C17H29N3O/c1-14(2)12-16(18)17(21)20(11-10-19(3)4)13-15-8-6-5-7-9-15/h5-9,14,16H,10-13,18H2,1-4H3/t16-/m0/s1. The molecule has 1 aromatic carbocycles. The first kappa shape index (κ1) is 17.7. The smallest absolute Gasteiger partial charge is 0.239 e. The Kier molecular flexibility index (Phi) is 7.40. The van der Waals surface area contributed by atoms with Crippen molar-refractivity contribution in [3.05, 3.63) is 35.9 Å². The zero-order chi connectivity index (χ0) is 15.8. The molecule has 0 saturated carbocycles. The van der Waals surface area contributed by atoms with Gasteiger partial charge in [0.2, 0.25) is 5.91 Å². The van der Waals surface area contributed by atoms with E-state index in [-0.39, 0.29) is 5.91 Å². The van der Waals surface area contributed by atoms with Crippen molar-refractivity contribution in [1.82, 2.24) is 9.80 Å². The second-order valence-corrected chi connectivity index (χ2v) is 6.28. The van der Waals surface area contributed by atoms with Gasteiger partial charge in [-0.1, -0.05) is 44.2 Å². The van der Waals surface area contributed by atoms with Crippen LogP contribution in [0.1, 0.15) is 25.8 Å². The number of rotatable bonds is 8. The number of amides is 1. The highest BCUT2D eigenvalue weighted by molar-refractivity contribution is 5.81. The molecular formula is C17H29N3O. The Labute approximate surface area is 128 Å². The van der Waals surface area contributed by atoms with Gasteiger partial charge in [0.1, 0.15) is 0 Å². The van der Waals surface area contributed by atoms with Crippen LogP contribution in [-0.4, -0.2) is 48.9 Å². The maximum absolute atomic E-state index is 12.6. The largest absolute Gasteiger partial charge is 0.336 e. The molecule has 1 rings (SSSR count). The van der Waals surface area contributed by atoms with Crippen LogP contribution in [0, 0.1) is 5.92 Å². The number of benzene rings is 1. The number of nitrogens with zero attached hydrogens (tertiary/aromatic N) is 2. The highest BCUT2D eigenvalue weighted by Gasteiger charge is 2.21. The average molecular weight is 291 g/mol. The molecule has 2 N–H and O–H groups in total. The molecule has 0 fully saturated rings. The van der Waals surface area contributed by atoms with Gasteiger partial charge in [0.15, 0.2) is 0 Å². The van der Waals surface area contributed by atoms with Crippen LogP contribution < -0.4 is 5.73 Å². The molecule has 4 nitrogen and oxygen atoms in total. The van der Waals surface area contributed by atoms with E-state index in [9.17, 15) is 4.79 Å². The first-order chi connectivity index (χ1) is 9.90. The molecule has 4 heteroatoms. The van der Waals surface area contributed by atoms with Crippen molar-refractivity contribution in [3.8, 4) is 0 Å². The second kappa shape index (κ2) is 8.80. The Balaban J connectivity index is 2.73. The van der Waals surface area contributed by atoms with Crippen molar-refractivity contribution >= 4 is 5.91 Å². The van der Waals surface area contributed by atoms with Gasteiger partial charge in [0.05, 0.1) is 6.04 Å². The lowest BCUT2D eigenvalue weighted by Crippen LogP contribution is -2.46. The van der Waals surface area contributed by atoms with Gasteiger partial charge in [0, 0.05) is 19.6 Å².